The van der Waals surface area contributed by atoms with E-state index in [1.165, 1.54) is 35.1 Å². The van der Waals surface area contributed by atoms with Crippen LogP contribution < -0.4 is 5.32 Å². The zero-order valence-electron chi connectivity index (χ0n) is 11.4. The summed E-state index contributed by atoms with van der Waals surface area (Å²) in [4.78, 5) is 0. The van der Waals surface area contributed by atoms with Gasteiger partial charge in [-0.2, -0.15) is 0 Å². The molecule has 0 fully saturated rings. The summed E-state index contributed by atoms with van der Waals surface area (Å²) < 4.78 is 0. The van der Waals surface area contributed by atoms with Crippen LogP contribution in [-0.2, 0) is 6.42 Å². The molecule has 0 bridgehead atoms. The van der Waals surface area contributed by atoms with Crippen LogP contribution in [0.3, 0.4) is 0 Å². The molecule has 0 radical (unpaired) electrons. The van der Waals surface area contributed by atoms with Crippen molar-refractivity contribution in [2.45, 2.75) is 40.5 Å². The third-order valence-electron chi connectivity index (χ3n) is 3.53. The lowest BCUT2D eigenvalue weighted by Crippen LogP contribution is -2.20. The van der Waals surface area contributed by atoms with E-state index in [0.29, 0.717) is 0 Å². The lowest BCUT2D eigenvalue weighted by atomic mass is 9.91. The highest BCUT2D eigenvalue weighted by molar-refractivity contribution is 5.36. The molecule has 16 heavy (non-hydrogen) atoms. The predicted octanol–water partition coefficient (Wildman–Crippen LogP) is 3.40. The van der Waals surface area contributed by atoms with E-state index in [4.69, 9.17) is 0 Å². The maximum absolute atomic E-state index is 3.28. The van der Waals surface area contributed by atoms with Crippen molar-refractivity contribution in [3.63, 3.8) is 0 Å². The van der Waals surface area contributed by atoms with Crippen molar-refractivity contribution in [2.24, 2.45) is 5.92 Å². The lowest BCUT2D eigenvalue weighted by molar-refractivity contribution is 0.480. The van der Waals surface area contributed by atoms with Crippen molar-refractivity contribution >= 4 is 0 Å². The summed E-state index contributed by atoms with van der Waals surface area (Å²) >= 11 is 0. The second-order valence-corrected chi connectivity index (χ2v) is 4.90. The number of hydrogen-bond donors (Lipinski definition) is 1. The monoisotopic (exact) mass is 219 g/mol. The SMILES string of the molecule is CCC(CNC)Cc1cc(C)c(C)cc1C. The quantitative estimate of drug-likeness (QED) is 0.800. The molecule has 1 aromatic rings. The van der Waals surface area contributed by atoms with Crippen LogP contribution in [0, 0.1) is 26.7 Å². The molecule has 0 heterocycles. The van der Waals surface area contributed by atoms with E-state index in [1.54, 1.807) is 0 Å². The van der Waals surface area contributed by atoms with Gasteiger partial charge in [-0.3, -0.25) is 0 Å². The topological polar surface area (TPSA) is 12.0 Å². The third kappa shape index (κ3) is 3.34. The lowest BCUT2D eigenvalue weighted by Gasteiger charge is -2.17. The van der Waals surface area contributed by atoms with E-state index in [1.807, 2.05) is 7.05 Å². The maximum atomic E-state index is 3.28. The van der Waals surface area contributed by atoms with Gasteiger partial charge in [0, 0.05) is 0 Å². The summed E-state index contributed by atoms with van der Waals surface area (Å²) in [5.41, 5.74) is 5.78. The Balaban J connectivity index is 2.83. The molecule has 0 amide bonds. The fourth-order valence-electron chi connectivity index (χ4n) is 2.20. The van der Waals surface area contributed by atoms with E-state index < -0.39 is 0 Å². The fourth-order valence-corrected chi connectivity index (χ4v) is 2.20. The summed E-state index contributed by atoms with van der Waals surface area (Å²) in [5, 5.41) is 3.28. The molecule has 1 atom stereocenters. The van der Waals surface area contributed by atoms with Gasteiger partial charge in [0.1, 0.15) is 0 Å². The number of benzene rings is 1. The van der Waals surface area contributed by atoms with Gasteiger partial charge in [0.15, 0.2) is 0 Å². The number of hydrogen-bond acceptors (Lipinski definition) is 1. The average Bonchev–Trinajstić information content (AvgIpc) is 2.25. The van der Waals surface area contributed by atoms with Crippen molar-refractivity contribution in [3.8, 4) is 0 Å². The van der Waals surface area contributed by atoms with Gasteiger partial charge in [-0.05, 0) is 69.0 Å². The van der Waals surface area contributed by atoms with Gasteiger partial charge in [0.05, 0.1) is 0 Å². The molecule has 0 saturated carbocycles. The molecule has 0 aromatic heterocycles. The zero-order valence-corrected chi connectivity index (χ0v) is 11.4. The molecule has 1 rings (SSSR count). The minimum absolute atomic E-state index is 0.755. The number of nitrogens with one attached hydrogen (secondary N) is 1. The first kappa shape index (κ1) is 13.2. The summed E-state index contributed by atoms with van der Waals surface area (Å²) in [7, 11) is 2.04. The van der Waals surface area contributed by atoms with Gasteiger partial charge >= 0.3 is 0 Å². The van der Waals surface area contributed by atoms with Crippen LogP contribution in [0.2, 0.25) is 0 Å². The molecule has 0 aliphatic heterocycles. The van der Waals surface area contributed by atoms with Gasteiger partial charge < -0.3 is 5.32 Å². The van der Waals surface area contributed by atoms with Crippen molar-refractivity contribution in [1.29, 1.82) is 0 Å². The van der Waals surface area contributed by atoms with Crippen LogP contribution in [0.1, 0.15) is 35.6 Å². The summed E-state index contributed by atoms with van der Waals surface area (Å²) in [6, 6.07) is 4.68. The van der Waals surface area contributed by atoms with Crippen molar-refractivity contribution < 1.29 is 0 Å². The first-order valence-corrected chi connectivity index (χ1v) is 6.29. The molecule has 0 aliphatic rings. The Kier molecular flexibility index (Phi) is 5.01. The normalized spacial score (nSPS) is 12.8. The Labute approximate surface area is 100 Å². The fraction of sp³-hybridized carbons (Fsp3) is 0.600. The van der Waals surface area contributed by atoms with Crippen LogP contribution in [0.25, 0.3) is 0 Å². The van der Waals surface area contributed by atoms with E-state index in [-0.39, 0.29) is 0 Å². The van der Waals surface area contributed by atoms with Gasteiger partial charge in [-0.15, -0.1) is 0 Å². The molecule has 90 valence electrons. The standard InChI is InChI=1S/C15H25N/c1-6-14(10-16-5)9-15-8-12(3)11(2)7-13(15)4/h7-8,14,16H,6,9-10H2,1-5H3. The average molecular weight is 219 g/mol. The number of aryl methyl sites for hydroxylation is 3. The second-order valence-electron chi connectivity index (χ2n) is 4.90. The van der Waals surface area contributed by atoms with Crippen LogP contribution in [0.15, 0.2) is 12.1 Å². The highest BCUT2D eigenvalue weighted by Crippen LogP contribution is 2.19. The molecule has 0 spiro atoms. The Bertz CT molecular complexity index is 342. The highest BCUT2D eigenvalue weighted by Gasteiger charge is 2.09. The van der Waals surface area contributed by atoms with Crippen LogP contribution >= 0.6 is 0 Å². The number of rotatable bonds is 5. The zero-order chi connectivity index (χ0) is 12.1. The Morgan fingerprint density at radius 2 is 1.69 bits per heavy atom. The largest absolute Gasteiger partial charge is 0.319 e. The van der Waals surface area contributed by atoms with E-state index in [0.717, 1.165) is 12.5 Å². The van der Waals surface area contributed by atoms with Gasteiger partial charge in [-0.25, -0.2) is 0 Å². The van der Waals surface area contributed by atoms with Crippen LogP contribution in [0.5, 0.6) is 0 Å². The van der Waals surface area contributed by atoms with Gasteiger partial charge in [-0.1, -0.05) is 25.5 Å². The smallest absolute Gasteiger partial charge is 0.00204 e. The first-order valence-electron chi connectivity index (χ1n) is 6.29. The van der Waals surface area contributed by atoms with E-state index >= 15 is 0 Å². The Morgan fingerprint density at radius 3 is 2.25 bits per heavy atom. The van der Waals surface area contributed by atoms with Gasteiger partial charge in [0.25, 0.3) is 0 Å². The molecular weight excluding hydrogens is 194 g/mol. The van der Waals surface area contributed by atoms with Crippen molar-refractivity contribution in [3.05, 3.63) is 34.4 Å². The second kappa shape index (κ2) is 6.05. The minimum atomic E-state index is 0.755. The van der Waals surface area contributed by atoms with E-state index in [9.17, 15) is 0 Å². The Hall–Kier alpha value is -0.820. The summed E-state index contributed by atoms with van der Waals surface area (Å²) in [6.07, 6.45) is 2.44. The van der Waals surface area contributed by atoms with Crippen molar-refractivity contribution in [2.75, 3.05) is 13.6 Å². The van der Waals surface area contributed by atoms with Gasteiger partial charge in [0.2, 0.25) is 0 Å². The third-order valence-corrected chi connectivity index (χ3v) is 3.53. The molecule has 0 saturated heterocycles. The molecule has 0 aliphatic carbocycles. The molecule has 1 unspecified atom stereocenters. The molecule has 1 aromatic carbocycles. The van der Waals surface area contributed by atoms with Crippen LogP contribution in [-0.4, -0.2) is 13.6 Å². The molecule has 1 nitrogen and oxygen atoms in total. The first-order chi connectivity index (χ1) is 7.58. The van der Waals surface area contributed by atoms with Crippen molar-refractivity contribution in [1.82, 2.24) is 5.32 Å². The molecular formula is C15H25N. The minimum Gasteiger partial charge on any atom is -0.319 e. The van der Waals surface area contributed by atoms with Crippen LogP contribution in [0.4, 0.5) is 0 Å². The van der Waals surface area contributed by atoms with E-state index in [2.05, 4.69) is 45.1 Å². The predicted molar refractivity (Wildman–Crippen MR) is 72.1 cm³/mol. The molecule has 1 N–H and O–H groups in total. The highest BCUT2D eigenvalue weighted by atomic mass is 14.8. The maximum Gasteiger partial charge on any atom is -0.00204 e. The molecule has 1 heteroatoms. The summed E-state index contributed by atoms with van der Waals surface area (Å²) in [6.45, 7) is 10.0. The summed E-state index contributed by atoms with van der Waals surface area (Å²) in [5.74, 6) is 0.755. The Morgan fingerprint density at radius 1 is 1.06 bits per heavy atom.